The molecule has 0 radical (unpaired) electrons. The first-order chi connectivity index (χ1) is 9.94. The van der Waals surface area contributed by atoms with Crippen molar-refractivity contribution < 1.29 is 13.2 Å². The van der Waals surface area contributed by atoms with E-state index in [1.165, 1.54) is 0 Å². The first-order valence-corrected chi connectivity index (χ1v) is 7.12. The largest absolute Gasteiger partial charge is 0.433 e. The van der Waals surface area contributed by atoms with Crippen LogP contribution < -0.4 is 16.2 Å². The number of hydrogen-bond acceptors (Lipinski definition) is 5. The highest BCUT2D eigenvalue weighted by molar-refractivity contribution is 5.45. The Hall–Kier alpha value is -1.57. The van der Waals surface area contributed by atoms with Crippen LogP contribution in [0.1, 0.15) is 38.3 Å². The van der Waals surface area contributed by atoms with Crippen LogP contribution >= 0.6 is 0 Å². The lowest BCUT2D eigenvalue weighted by molar-refractivity contribution is -0.141. The molecule has 1 fully saturated rings. The summed E-state index contributed by atoms with van der Waals surface area (Å²) in [7, 11) is 0. The summed E-state index contributed by atoms with van der Waals surface area (Å²) in [6.45, 7) is 3.55. The highest BCUT2D eigenvalue weighted by Crippen LogP contribution is 2.31. The van der Waals surface area contributed by atoms with Crippen LogP contribution in [0.3, 0.4) is 0 Å². The lowest BCUT2D eigenvalue weighted by atomic mass is 9.98. The minimum absolute atomic E-state index is 0.212. The molecule has 1 atom stereocenters. The highest BCUT2D eigenvalue weighted by Gasteiger charge is 2.34. The van der Waals surface area contributed by atoms with Gasteiger partial charge in [0.25, 0.3) is 0 Å². The second-order valence-corrected chi connectivity index (χ2v) is 5.27. The topological polar surface area (TPSA) is 67.1 Å². The number of halogens is 3. The van der Waals surface area contributed by atoms with Crippen molar-refractivity contribution in [2.45, 2.75) is 38.8 Å². The summed E-state index contributed by atoms with van der Waals surface area (Å²) in [6.07, 6.45) is -0.392. The fourth-order valence-electron chi connectivity index (χ4n) is 2.61. The number of nitrogen functional groups attached to an aromatic ring is 1. The molecule has 0 amide bonds. The van der Waals surface area contributed by atoms with Crippen LogP contribution in [0, 0.1) is 5.92 Å². The smallest absolute Gasteiger partial charge is 0.356 e. The van der Waals surface area contributed by atoms with Gasteiger partial charge < -0.3 is 4.90 Å². The third-order valence-electron chi connectivity index (χ3n) is 3.88. The molecule has 0 bridgehead atoms. The van der Waals surface area contributed by atoms with E-state index in [-0.39, 0.29) is 11.8 Å². The normalized spacial score (nSPS) is 20.2. The third kappa shape index (κ3) is 3.96. The van der Waals surface area contributed by atoms with Crippen molar-refractivity contribution in [1.82, 2.24) is 9.97 Å². The standard InChI is InChI=1S/C13H20F3N5/c1-2-9-4-3-6-21(7-5-9)11-8-10(13(14,15)16)18-12(19-11)20-17/h8-9H,2-7,17H2,1H3,(H,18,19,20). The number of nitrogens with one attached hydrogen (secondary N) is 1. The van der Waals surface area contributed by atoms with E-state index in [2.05, 4.69) is 22.3 Å². The van der Waals surface area contributed by atoms with E-state index in [0.717, 1.165) is 31.7 Å². The fraction of sp³-hybridized carbons (Fsp3) is 0.692. The van der Waals surface area contributed by atoms with Gasteiger partial charge in [0.1, 0.15) is 5.82 Å². The van der Waals surface area contributed by atoms with Crippen LogP contribution in [0.5, 0.6) is 0 Å². The van der Waals surface area contributed by atoms with E-state index < -0.39 is 11.9 Å². The number of alkyl halides is 3. The Labute approximate surface area is 121 Å². The van der Waals surface area contributed by atoms with Crippen LogP contribution in [-0.4, -0.2) is 23.1 Å². The molecular formula is C13H20F3N5. The van der Waals surface area contributed by atoms with Crippen molar-refractivity contribution in [2.24, 2.45) is 11.8 Å². The van der Waals surface area contributed by atoms with Crippen LogP contribution in [0.15, 0.2) is 6.07 Å². The summed E-state index contributed by atoms with van der Waals surface area (Å²) in [6, 6.07) is 0.993. The molecule has 8 heteroatoms. The van der Waals surface area contributed by atoms with E-state index >= 15 is 0 Å². The Kier molecular flexibility index (Phi) is 4.87. The maximum atomic E-state index is 12.9. The van der Waals surface area contributed by atoms with Crippen LogP contribution in [0.25, 0.3) is 0 Å². The molecular weight excluding hydrogens is 283 g/mol. The van der Waals surface area contributed by atoms with E-state index in [1.807, 2.05) is 4.90 Å². The quantitative estimate of drug-likeness (QED) is 0.664. The molecule has 118 valence electrons. The first kappa shape index (κ1) is 15.8. The number of hydrazine groups is 1. The van der Waals surface area contributed by atoms with Crippen molar-refractivity contribution in [3.05, 3.63) is 11.8 Å². The molecule has 0 aliphatic carbocycles. The summed E-state index contributed by atoms with van der Waals surface area (Å²) in [5.41, 5.74) is 1.13. The number of aromatic nitrogens is 2. The van der Waals surface area contributed by atoms with Crippen LogP contribution in [0.2, 0.25) is 0 Å². The summed E-state index contributed by atoms with van der Waals surface area (Å²) < 4.78 is 38.6. The Bertz CT molecular complexity index is 477. The van der Waals surface area contributed by atoms with Gasteiger partial charge in [-0.1, -0.05) is 13.3 Å². The number of rotatable bonds is 3. The fourth-order valence-corrected chi connectivity index (χ4v) is 2.61. The zero-order chi connectivity index (χ0) is 15.5. The minimum Gasteiger partial charge on any atom is -0.356 e. The average Bonchev–Trinajstić information content (AvgIpc) is 2.71. The SMILES string of the molecule is CCC1CCCN(c2cc(C(F)(F)F)nc(NN)n2)CC1. The van der Waals surface area contributed by atoms with Gasteiger partial charge in [0.2, 0.25) is 5.95 Å². The second kappa shape index (κ2) is 6.46. The molecule has 21 heavy (non-hydrogen) atoms. The van der Waals surface area contributed by atoms with E-state index in [0.29, 0.717) is 19.0 Å². The Morgan fingerprint density at radius 3 is 2.71 bits per heavy atom. The molecule has 1 aromatic heterocycles. The molecule has 1 aliphatic heterocycles. The first-order valence-electron chi connectivity index (χ1n) is 7.12. The van der Waals surface area contributed by atoms with Gasteiger partial charge in [-0.25, -0.2) is 10.8 Å². The van der Waals surface area contributed by atoms with Gasteiger partial charge in [0.15, 0.2) is 5.69 Å². The number of nitrogens with two attached hydrogens (primary N) is 1. The number of hydrogen-bond donors (Lipinski definition) is 2. The zero-order valence-electron chi connectivity index (χ0n) is 12.0. The van der Waals surface area contributed by atoms with Gasteiger partial charge in [0.05, 0.1) is 0 Å². The predicted octanol–water partition coefficient (Wildman–Crippen LogP) is 2.80. The Balaban J connectivity index is 2.26. The van der Waals surface area contributed by atoms with Crippen molar-refractivity contribution in [3.63, 3.8) is 0 Å². The van der Waals surface area contributed by atoms with Crippen molar-refractivity contribution in [3.8, 4) is 0 Å². The maximum absolute atomic E-state index is 12.9. The van der Waals surface area contributed by atoms with Gasteiger partial charge in [-0.15, -0.1) is 0 Å². The summed E-state index contributed by atoms with van der Waals surface area (Å²) in [4.78, 5) is 9.32. The molecule has 0 aromatic carbocycles. The number of anilines is 2. The zero-order valence-corrected chi connectivity index (χ0v) is 12.0. The van der Waals surface area contributed by atoms with Crippen molar-refractivity contribution in [1.29, 1.82) is 0 Å². The summed E-state index contributed by atoms with van der Waals surface area (Å²) in [5, 5.41) is 0. The van der Waals surface area contributed by atoms with Gasteiger partial charge in [0, 0.05) is 19.2 Å². The minimum atomic E-state index is -4.51. The predicted molar refractivity (Wildman–Crippen MR) is 74.7 cm³/mol. The maximum Gasteiger partial charge on any atom is 0.433 e. The molecule has 2 heterocycles. The molecule has 1 saturated heterocycles. The molecule has 1 aliphatic rings. The van der Waals surface area contributed by atoms with E-state index in [9.17, 15) is 13.2 Å². The van der Waals surface area contributed by atoms with E-state index in [1.54, 1.807) is 0 Å². The molecule has 5 nitrogen and oxygen atoms in total. The van der Waals surface area contributed by atoms with Gasteiger partial charge in [-0.05, 0) is 25.2 Å². The van der Waals surface area contributed by atoms with Crippen LogP contribution in [0.4, 0.5) is 24.9 Å². The highest BCUT2D eigenvalue weighted by atomic mass is 19.4. The van der Waals surface area contributed by atoms with Gasteiger partial charge in [-0.3, -0.25) is 5.43 Å². The molecule has 0 saturated carbocycles. The molecule has 1 aromatic rings. The average molecular weight is 303 g/mol. The molecule has 1 unspecified atom stereocenters. The lowest BCUT2D eigenvalue weighted by Crippen LogP contribution is -2.27. The molecule has 3 N–H and O–H groups in total. The monoisotopic (exact) mass is 303 g/mol. The van der Waals surface area contributed by atoms with Gasteiger partial charge >= 0.3 is 6.18 Å². The van der Waals surface area contributed by atoms with E-state index in [4.69, 9.17) is 5.84 Å². The molecule has 0 spiro atoms. The van der Waals surface area contributed by atoms with Crippen molar-refractivity contribution >= 4 is 11.8 Å². The Morgan fingerprint density at radius 2 is 2.10 bits per heavy atom. The van der Waals surface area contributed by atoms with Crippen LogP contribution in [-0.2, 0) is 6.18 Å². The second-order valence-electron chi connectivity index (χ2n) is 5.27. The molecule has 2 rings (SSSR count). The third-order valence-corrected chi connectivity index (χ3v) is 3.88. The summed E-state index contributed by atoms with van der Waals surface area (Å²) >= 11 is 0. The number of nitrogens with zero attached hydrogens (tertiary/aromatic N) is 3. The van der Waals surface area contributed by atoms with Crippen molar-refractivity contribution in [2.75, 3.05) is 23.4 Å². The summed E-state index contributed by atoms with van der Waals surface area (Å²) in [5.74, 6) is 5.87. The Morgan fingerprint density at radius 1 is 1.33 bits per heavy atom. The van der Waals surface area contributed by atoms with Gasteiger partial charge in [-0.2, -0.15) is 18.2 Å². The lowest BCUT2D eigenvalue weighted by Gasteiger charge is -2.23.